The molecule has 1 rings (SSSR count). The lowest BCUT2D eigenvalue weighted by Gasteiger charge is -1.91. The Hall–Kier alpha value is -1.31. The fraction of sp³-hybridized carbons (Fsp3) is 0.462. The molecule has 0 amide bonds. The summed E-state index contributed by atoms with van der Waals surface area (Å²) in [4.78, 5) is 0. The van der Waals surface area contributed by atoms with Gasteiger partial charge in [-0.25, -0.2) is 9.13 Å². The molecule has 0 unspecified atom stereocenters. The highest BCUT2D eigenvalue weighted by atomic mass is 15.1. The molecule has 0 radical (unpaired) electrons. The van der Waals surface area contributed by atoms with Crippen LogP contribution in [0.1, 0.15) is 27.7 Å². The van der Waals surface area contributed by atoms with E-state index >= 15 is 0 Å². The first kappa shape index (κ1) is 11.8. The molecule has 0 aliphatic carbocycles. The second kappa shape index (κ2) is 5.54. The summed E-state index contributed by atoms with van der Waals surface area (Å²) in [5.41, 5.74) is 2.72. The van der Waals surface area contributed by atoms with Crippen LogP contribution < -0.4 is 4.57 Å². The molecule has 0 atom stereocenters. The van der Waals surface area contributed by atoms with E-state index in [-0.39, 0.29) is 0 Å². The summed E-state index contributed by atoms with van der Waals surface area (Å²) in [5, 5.41) is 0. The van der Waals surface area contributed by atoms with Gasteiger partial charge in [-0.05, 0) is 39.8 Å². The van der Waals surface area contributed by atoms with Gasteiger partial charge in [-0.3, -0.25) is 0 Å². The van der Waals surface area contributed by atoms with Crippen molar-refractivity contribution in [3.05, 3.63) is 42.0 Å². The topological polar surface area (TPSA) is 8.81 Å². The van der Waals surface area contributed by atoms with Gasteiger partial charge < -0.3 is 0 Å². The quantitative estimate of drug-likeness (QED) is 0.528. The normalized spacial score (nSPS) is 9.87. The average Bonchev–Trinajstić information content (AvgIpc) is 2.59. The minimum Gasteiger partial charge on any atom is -0.233 e. The number of rotatable bonds is 4. The highest BCUT2D eigenvalue weighted by Crippen LogP contribution is 1.93. The Morgan fingerprint density at radius 1 is 1.13 bits per heavy atom. The van der Waals surface area contributed by atoms with E-state index in [4.69, 9.17) is 0 Å². The van der Waals surface area contributed by atoms with Crippen LogP contribution in [0.15, 0.2) is 42.0 Å². The minimum absolute atomic E-state index is 0.962. The maximum Gasteiger partial charge on any atom is 0.244 e. The van der Waals surface area contributed by atoms with Crippen molar-refractivity contribution < 1.29 is 4.57 Å². The van der Waals surface area contributed by atoms with Crippen LogP contribution in [0, 0.1) is 0 Å². The van der Waals surface area contributed by atoms with Crippen LogP contribution in [-0.2, 0) is 13.1 Å². The zero-order valence-electron chi connectivity index (χ0n) is 10.2. The van der Waals surface area contributed by atoms with Gasteiger partial charge in [0, 0.05) is 0 Å². The standard InChI is InChI=1S/C13H21N2/c1-12(2)5-7-14-9-10-15(11-14)8-6-13(3)4/h5-6,9-11H,7-8H2,1-4H3/q+1. The van der Waals surface area contributed by atoms with E-state index in [1.807, 2.05) is 0 Å². The van der Waals surface area contributed by atoms with Gasteiger partial charge in [-0.1, -0.05) is 11.1 Å². The summed E-state index contributed by atoms with van der Waals surface area (Å²) in [6, 6.07) is 0. The minimum atomic E-state index is 0.962. The largest absolute Gasteiger partial charge is 0.244 e. The Kier molecular flexibility index (Phi) is 4.35. The van der Waals surface area contributed by atoms with Crippen molar-refractivity contribution in [2.24, 2.45) is 0 Å². The number of aromatic nitrogens is 2. The van der Waals surface area contributed by atoms with Crippen molar-refractivity contribution in [2.45, 2.75) is 40.8 Å². The Balaban J connectivity index is 2.56. The molecule has 0 aliphatic rings. The average molecular weight is 205 g/mol. The van der Waals surface area contributed by atoms with E-state index in [0.717, 1.165) is 13.1 Å². The Morgan fingerprint density at radius 3 is 2.40 bits per heavy atom. The van der Waals surface area contributed by atoms with Gasteiger partial charge in [0.05, 0.1) is 0 Å². The number of nitrogens with zero attached hydrogens (tertiary/aromatic N) is 2. The van der Waals surface area contributed by atoms with Crippen molar-refractivity contribution in [2.75, 3.05) is 0 Å². The third kappa shape index (κ3) is 4.63. The maximum absolute atomic E-state index is 2.23. The molecular weight excluding hydrogens is 184 g/mol. The zero-order chi connectivity index (χ0) is 11.3. The van der Waals surface area contributed by atoms with E-state index in [9.17, 15) is 0 Å². The molecular formula is C13H21N2+. The van der Waals surface area contributed by atoms with Crippen LogP contribution in [0.3, 0.4) is 0 Å². The summed E-state index contributed by atoms with van der Waals surface area (Å²) in [6.45, 7) is 10.4. The number of hydrogen-bond acceptors (Lipinski definition) is 0. The van der Waals surface area contributed by atoms with Crippen LogP contribution in [0.5, 0.6) is 0 Å². The monoisotopic (exact) mass is 205 g/mol. The van der Waals surface area contributed by atoms with Gasteiger partial charge in [0.15, 0.2) is 0 Å². The molecule has 1 aromatic heterocycles. The fourth-order valence-corrected chi connectivity index (χ4v) is 1.23. The predicted molar refractivity (Wildman–Crippen MR) is 63.5 cm³/mol. The van der Waals surface area contributed by atoms with Crippen molar-refractivity contribution in [1.29, 1.82) is 0 Å². The third-order valence-corrected chi connectivity index (χ3v) is 2.17. The molecule has 1 aromatic rings. The van der Waals surface area contributed by atoms with E-state index in [1.54, 1.807) is 0 Å². The number of imidazole rings is 1. The van der Waals surface area contributed by atoms with Gasteiger partial charge in [0.25, 0.3) is 0 Å². The molecule has 1 heterocycles. The first-order valence-corrected chi connectivity index (χ1v) is 5.39. The van der Waals surface area contributed by atoms with E-state index in [0.29, 0.717) is 0 Å². The molecule has 15 heavy (non-hydrogen) atoms. The molecule has 82 valence electrons. The fourth-order valence-electron chi connectivity index (χ4n) is 1.23. The molecule has 0 saturated carbocycles. The lowest BCUT2D eigenvalue weighted by molar-refractivity contribution is -0.686. The van der Waals surface area contributed by atoms with Crippen molar-refractivity contribution >= 4 is 0 Å². The van der Waals surface area contributed by atoms with Crippen LogP contribution in [0.25, 0.3) is 0 Å². The summed E-state index contributed by atoms with van der Waals surface area (Å²) in [5.74, 6) is 0. The van der Waals surface area contributed by atoms with E-state index in [2.05, 4.69) is 67.7 Å². The maximum atomic E-state index is 2.23. The van der Waals surface area contributed by atoms with Crippen LogP contribution in [0.2, 0.25) is 0 Å². The van der Waals surface area contributed by atoms with Crippen LogP contribution in [0.4, 0.5) is 0 Å². The Labute approximate surface area is 92.6 Å². The third-order valence-electron chi connectivity index (χ3n) is 2.17. The molecule has 0 N–H and O–H groups in total. The summed E-state index contributed by atoms with van der Waals surface area (Å²) in [6.07, 6.45) is 10.8. The summed E-state index contributed by atoms with van der Waals surface area (Å²) >= 11 is 0. The van der Waals surface area contributed by atoms with Gasteiger partial charge >= 0.3 is 0 Å². The smallest absolute Gasteiger partial charge is 0.233 e. The van der Waals surface area contributed by atoms with Crippen LogP contribution >= 0.6 is 0 Å². The Bertz CT molecular complexity index is 327. The highest BCUT2D eigenvalue weighted by molar-refractivity contribution is 4.93. The second-order valence-electron chi connectivity index (χ2n) is 4.37. The molecule has 0 fully saturated rings. The second-order valence-corrected chi connectivity index (χ2v) is 4.37. The molecule has 0 saturated heterocycles. The van der Waals surface area contributed by atoms with Crippen molar-refractivity contribution in [3.8, 4) is 0 Å². The molecule has 2 nitrogen and oxygen atoms in total. The summed E-state index contributed by atoms with van der Waals surface area (Å²) < 4.78 is 4.37. The molecule has 2 heteroatoms. The van der Waals surface area contributed by atoms with E-state index in [1.165, 1.54) is 11.1 Å². The number of allylic oxidation sites excluding steroid dienone is 4. The predicted octanol–water partition coefficient (Wildman–Crippen LogP) is 2.71. The SMILES string of the molecule is CC(C)=CCn1cc[n+](CC=C(C)C)c1. The van der Waals surface area contributed by atoms with Crippen molar-refractivity contribution in [1.82, 2.24) is 4.57 Å². The van der Waals surface area contributed by atoms with Gasteiger partial charge in [0.1, 0.15) is 25.5 Å². The number of hydrogen-bond donors (Lipinski definition) is 0. The zero-order valence-corrected chi connectivity index (χ0v) is 10.2. The Morgan fingerprint density at radius 2 is 1.80 bits per heavy atom. The lowest BCUT2D eigenvalue weighted by Crippen LogP contribution is -2.29. The lowest BCUT2D eigenvalue weighted by atomic mass is 10.3. The summed E-state index contributed by atoms with van der Waals surface area (Å²) in [7, 11) is 0. The first-order valence-electron chi connectivity index (χ1n) is 5.39. The van der Waals surface area contributed by atoms with E-state index < -0.39 is 0 Å². The first-order chi connectivity index (χ1) is 7.08. The van der Waals surface area contributed by atoms with Crippen LogP contribution in [-0.4, -0.2) is 4.57 Å². The van der Waals surface area contributed by atoms with Gasteiger partial charge in [-0.2, -0.15) is 0 Å². The molecule has 0 aromatic carbocycles. The molecule has 0 spiro atoms. The molecule has 0 bridgehead atoms. The highest BCUT2D eigenvalue weighted by Gasteiger charge is 1.99. The van der Waals surface area contributed by atoms with Gasteiger partial charge in [-0.15, -0.1) is 0 Å². The molecule has 0 aliphatic heterocycles. The van der Waals surface area contributed by atoms with Crippen molar-refractivity contribution in [3.63, 3.8) is 0 Å². The van der Waals surface area contributed by atoms with Gasteiger partial charge in [0.2, 0.25) is 6.33 Å².